The molecule has 0 bridgehead atoms. The van der Waals surface area contributed by atoms with Crippen molar-refractivity contribution in [1.29, 1.82) is 0 Å². The molecular formula is C10H7N3O4. The minimum atomic E-state index is -1.18. The first-order valence-electron chi connectivity index (χ1n) is 4.57. The predicted molar refractivity (Wildman–Crippen MR) is 59.8 cm³/mol. The number of nitrogen functional groups attached to an aromatic ring is 1. The molecule has 1 aromatic heterocycles. The number of hydrogen-bond acceptors (Lipinski definition) is 5. The molecule has 0 fully saturated rings. The highest BCUT2D eigenvalue weighted by Gasteiger charge is 2.13. The van der Waals surface area contributed by atoms with Gasteiger partial charge in [-0.3, -0.25) is 10.1 Å². The van der Waals surface area contributed by atoms with Gasteiger partial charge in [0.25, 0.3) is 5.69 Å². The number of nitro benzene ring substituents is 1. The molecule has 0 radical (unpaired) electrons. The Kier molecular flexibility index (Phi) is 2.36. The van der Waals surface area contributed by atoms with Crippen LogP contribution >= 0.6 is 0 Å². The number of rotatable bonds is 2. The van der Waals surface area contributed by atoms with E-state index in [0.717, 1.165) is 6.07 Å². The molecule has 0 amide bonds. The van der Waals surface area contributed by atoms with Crippen LogP contribution in [0.15, 0.2) is 24.3 Å². The van der Waals surface area contributed by atoms with E-state index in [1.807, 2.05) is 0 Å². The van der Waals surface area contributed by atoms with Crippen LogP contribution in [-0.2, 0) is 0 Å². The molecule has 0 unspecified atom stereocenters. The van der Waals surface area contributed by atoms with Gasteiger partial charge in [-0.05, 0) is 6.07 Å². The van der Waals surface area contributed by atoms with Gasteiger partial charge in [0.2, 0.25) is 0 Å². The molecule has 7 heteroatoms. The van der Waals surface area contributed by atoms with E-state index in [0.29, 0.717) is 5.39 Å². The van der Waals surface area contributed by atoms with Crippen LogP contribution < -0.4 is 5.73 Å². The number of hydrogen-bond donors (Lipinski definition) is 2. The maximum Gasteiger partial charge on any atom is 0.354 e. The van der Waals surface area contributed by atoms with E-state index in [2.05, 4.69) is 4.98 Å². The second-order valence-corrected chi connectivity index (χ2v) is 3.37. The fourth-order valence-corrected chi connectivity index (χ4v) is 1.47. The third kappa shape index (κ3) is 1.85. The standard InChI is InChI=1S/C10H7N3O4/c11-7-4-6(13(16)17)3-5-1-2-8(10(14)15)12-9(5)7/h1-4H,11H2,(H,14,15). The first kappa shape index (κ1) is 10.8. The lowest BCUT2D eigenvalue weighted by Gasteiger charge is -2.02. The van der Waals surface area contributed by atoms with E-state index >= 15 is 0 Å². The van der Waals surface area contributed by atoms with Gasteiger partial charge >= 0.3 is 5.97 Å². The summed E-state index contributed by atoms with van der Waals surface area (Å²) in [5, 5.41) is 19.8. The van der Waals surface area contributed by atoms with Gasteiger partial charge in [0.05, 0.1) is 16.1 Å². The maximum absolute atomic E-state index is 10.7. The lowest BCUT2D eigenvalue weighted by molar-refractivity contribution is -0.384. The van der Waals surface area contributed by atoms with Crippen molar-refractivity contribution in [3.8, 4) is 0 Å². The maximum atomic E-state index is 10.7. The van der Waals surface area contributed by atoms with Gasteiger partial charge in [0, 0.05) is 17.5 Å². The Hall–Kier alpha value is -2.70. The van der Waals surface area contributed by atoms with Crippen molar-refractivity contribution in [3.63, 3.8) is 0 Å². The number of nitro groups is 1. The average molecular weight is 233 g/mol. The number of pyridine rings is 1. The zero-order valence-electron chi connectivity index (χ0n) is 8.45. The summed E-state index contributed by atoms with van der Waals surface area (Å²) in [4.78, 5) is 24.6. The van der Waals surface area contributed by atoms with E-state index in [9.17, 15) is 14.9 Å². The minimum Gasteiger partial charge on any atom is -0.477 e. The number of non-ortho nitro benzene ring substituents is 1. The lowest BCUT2D eigenvalue weighted by atomic mass is 10.1. The zero-order chi connectivity index (χ0) is 12.6. The monoisotopic (exact) mass is 233 g/mol. The number of carbonyl (C=O) groups is 1. The molecule has 0 aliphatic carbocycles. The Bertz CT molecular complexity index is 639. The fraction of sp³-hybridized carbons (Fsp3) is 0. The lowest BCUT2D eigenvalue weighted by Crippen LogP contribution is -2.01. The summed E-state index contributed by atoms with van der Waals surface area (Å²) in [6, 6.07) is 5.16. The number of fused-ring (bicyclic) bond motifs is 1. The van der Waals surface area contributed by atoms with E-state index in [1.165, 1.54) is 18.2 Å². The van der Waals surface area contributed by atoms with Gasteiger partial charge in [-0.25, -0.2) is 9.78 Å². The molecule has 86 valence electrons. The van der Waals surface area contributed by atoms with Crippen LogP contribution in [0.5, 0.6) is 0 Å². The van der Waals surface area contributed by atoms with Crippen molar-refractivity contribution in [2.45, 2.75) is 0 Å². The van der Waals surface area contributed by atoms with Crippen LogP contribution in [0.1, 0.15) is 10.5 Å². The highest BCUT2D eigenvalue weighted by Crippen LogP contribution is 2.25. The molecule has 2 rings (SSSR count). The number of anilines is 1. The summed E-state index contributed by atoms with van der Waals surface area (Å²) in [6.07, 6.45) is 0. The van der Waals surface area contributed by atoms with Gasteiger partial charge in [0.1, 0.15) is 5.69 Å². The zero-order valence-corrected chi connectivity index (χ0v) is 8.45. The molecular weight excluding hydrogens is 226 g/mol. The summed E-state index contributed by atoms with van der Waals surface area (Å²) in [5.41, 5.74) is 5.62. The van der Waals surface area contributed by atoms with Crippen molar-refractivity contribution in [2.24, 2.45) is 0 Å². The third-order valence-corrected chi connectivity index (χ3v) is 2.24. The predicted octanol–water partition coefficient (Wildman–Crippen LogP) is 1.42. The fourth-order valence-electron chi connectivity index (χ4n) is 1.47. The quantitative estimate of drug-likeness (QED) is 0.460. The van der Waals surface area contributed by atoms with Crippen molar-refractivity contribution < 1.29 is 14.8 Å². The van der Waals surface area contributed by atoms with Gasteiger partial charge < -0.3 is 10.8 Å². The van der Waals surface area contributed by atoms with E-state index in [1.54, 1.807) is 0 Å². The molecule has 1 heterocycles. The summed E-state index contributed by atoms with van der Waals surface area (Å²) in [5.74, 6) is -1.18. The number of carboxylic acids is 1. The topological polar surface area (TPSA) is 119 Å². The Balaban J connectivity index is 2.72. The molecule has 0 aliphatic rings. The molecule has 0 saturated carbocycles. The van der Waals surface area contributed by atoms with Crippen molar-refractivity contribution in [2.75, 3.05) is 5.73 Å². The number of nitrogens with zero attached hydrogens (tertiary/aromatic N) is 2. The summed E-state index contributed by atoms with van der Waals surface area (Å²) < 4.78 is 0. The van der Waals surface area contributed by atoms with Gasteiger partial charge in [-0.15, -0.1) is 0 Å². The molecule has 0 atom stereocenters. The summed E-state index contributed by atoms with van der Waals surface area (Å²) in [7, 11) is 0. The SMILES string of the molecule is Nc1cc([N+](=O)[O-])cc2ccc(C(=O)O)nc12. The van der Waals surface area contributed by atoms with Crippen LogP contribution in [-0.4, -0.2) is 21.0 Å². The normalized spacial score (nSPS) is 10.4. The number of aromatic nitrogens is 1. The first-order chi connectivity index (χ1) is 7.99. The Morgan fingerprint density at radius 1 is 1.41 bits per heavy atom. The second-order valence-electron chi connectivity index (χ2n) is 3.37. The molecule has 0 spiro atoms. The number of carboxylic acid groups (broad SMARTS) is 1. The van der Waals surface area contributed by atoms with E-state index < -0.39 is 10.9 Å². The highest BCUT2D eigenvalue weighted by atomic mass is 16.6. The van der Waals surface area contributed by atoms with E-state index in [-0.39, 0.29) is 22.6 Å². The van der Waals surface area contributed by atoms with Crippen LogP contribution in [0, 0.1) is 10.1 Å². The summed E-state index contributed by atoms with van der Waals surface area (Å²) >= 11 is 0. The third-order valence-electron chi connectivity index (χ3n) is 2.24. The summed E-state index contributed by atoms with van der Waals surface area (Å²) in [6.45, 7) is 0. The molecule has 3 N–H and O–H groups in total. The number of aromatic carboxylic acids is 1. The Morgan fingerprint density at radius 3 is 2.71 bits per heavy atom. The molecule has 0 aliphatic heterocycles. The molecule has 17 heavy (non-hydrogen) atoms. The van der Waals surface area contributed by atoms with Crippen LogP contribution in [0.25, 0.3) is 10.9 Å². The molecule has 1 aromatic carbocycles. The van der Waals surface area contributed by atoms with Gasteiger partial charge in [-0.1, -0.05) is 6.07 Å². The number of benzene rings is 1. The Labute approximate surface area is 94.6 Å². The van der Waals surface area contributed by atoms with Gasteiger partial charge in [-0.2, -0.15) is 0 Å². The van der Waals surface area contributed by atoms with Gasteiger partial charge in [0.15, 0.2) is 0 Å². The number of nitrogens with two attached hydrogens (primary N) is 1. The Morgan fingerprint density at radius 2 is 2.12 bits per heavy atom. The van der Waals surface area contributed by atoms with Crippen molar-refractivity contribution >= 4 is 28.2 Å². The molecule has 2 aromatic rings. The van der Waals surface area contributed by atoms with Crippen LogP contribution in [0.2, 0.25) is 0 Å². The van der Waals surface area contributed by atoms with Crippen molar-refractivity contribution in [3.05, 3.63) is 40.1 Å². The molecule has 7 nitrogen and oxygen atoms in total. The van der Waals surface area contributed by atoms with Crippen molar-refractivity contribution in [1.82, 2.24) is 4.98 Å². The van der Waals surface area contributed by atoms with E-state index in [4.69, 9.17) is 10.8 Å². The second kappa shape index (κ2) is 3.71. The molecule has 0 saturated heterocycles. The average Bonchev–Trinajstić information content (AvgIpc) is 2.28. The smallest absolute Gasteiger partial charge is 0.354 e. The van der Waals surface area contributed by atoms with Crippen LogP contribution in [0.4, 0.5) is 11.4 Å². The van der Waals surface area contributed by atoms with Crippen LogP contribution in [0.3, 0.4) is 0 Å². The first-order valence-corrected chi connectivity index (χ1v) is 4.57. The largest absolute Gasteiger partial charge is 0.477 e. The highest BCUT2D eigenvalue weighted by molar-refractivity contribution is 5.95. The minimum absolute atomic E-state index is 0.0808.